The van der Waals surface area contributed by atoms with E-state index in [9.17, 15) is 4.79 Å². The average Bonchev–Trinajstić information content (AvgIpc) is 3.39. The molecule has 4 aromatic heterocycles. The zero-order valence-corrected chi connectivity index (χ0v) is 22.2. The Kier molecular flexibility index (Phi) is 7.86. The van der Waals surface area contributed by atoms with E-state index in [1.165, 1.54) is 6.07 Å². The molecule has 1 unspecified atom stereocenters. The van der Waals surface area contributed by atoms with E-state index in [1.807, 2.05) is 19.9 Å². The summed E-state index contributed by atoms with van der Waals surface area (Å²) in [5, 5.41) is 11.8. The lowest BCUT2D eigenvalue weighted by Crippen LogP contribution is -2.36. The second-order valence-corrected chi connectivity index (χ2v) is 9.18. The van der Waals surface area contributed by atoms with Gasteiger partial charge in [0.2, 0.25) is 0 Å². The maximum Gasteiger partial charge on any atom is 0.254 e. The molecule has 0 saturated carbocycles. The van der Waals surface area contributed by atoms with Crippen molar-refractivity contribution in [1.29, 1.82) is 0 Å². The Labute approximate surface area is 230 Å². The SMILES string of the molecule is C=C(C)C(CCc1nnc(-c2ccc(OCC)cn2)n1-c1ccccc1F)NC(=O)c1ccnc2cccnc12. The van der Waals surface area contributed by atoms with Crippen LogP contribution in [0.3, 0.4) is 0 Å². The van der Waals surface area contributed by atoms with E-state index in [4.69, 9.17) is 4.74 Å². The lowest BCUT2D eigenvalue weighted by Gasteiger charge is -2.19. The third kappa shape index (κ3) is 5.56. The minimum atomic E-state index is -0.419. The van der Waals surface area contributed by atoms with Gasteiger partial charge in [0.15, 0.2) is 5.82 Å². The summed E-state index contributed by atoms with van der Waals surface area (Å²) in [6.07, 6.45) is 5.65. The standard InChI is InChI=1S/C30H28FN7O2/c1-4-40-20-11-12-25(34-18-20)29-37-36-27(38(29)26-10-6-5-8-22(26)31)14-13-23(19(2)3)35-30(39)21-15-17-32-24-9-7-16-33-28(21)24/h5-12,15-18,23H,2,4,13-14H2,1,3H3,(H,35,39). The summed E-state index contributed by atoms with van der Waals surface area (Å²) in [6.45, 7) is 8.35. The van der Waals surface area contributed by atoms with E-state index in [0.717, 1.165) is 5.57 Å². The number of nitrogens with zero attached hydrogens (tertiary/aromatic N) is 6. The molecule has 0 saturated heterocycles. The quantitative estimate of drug-likeness (QED) is 0.247. The fraction of sp³-hybridized carbons (Fsp3) is 0.200. The van der Waals surface area contributed by atoms with Gasteiger partial charge in [-0.25, -0.2) is 9.37 Å². The van der Waals surface area contributed by atoms with Crippen LogP contribution >= 0.6 is 0 Å². The van der Waals surface area contributed by atoms with Gasteiger partial charge in [0.25, 0.3) is 5.91 Å². The van der Waals surface area contributed by atoms with Crippen molar-refractivity contribution in [2.75, 3.05) is 6.61 Å². The highest BCUT2D eigenvalue weighted by Crippen LogP contribution is 2.26. The largest absolute Gasteiger partial charge is 0.492 e. The number of aromatic nitrogens is 6. The fourth-order valence-corrected chi connectivity index (χ4v) is 4.41. The van der Waals surface area contributed by atoms with Crippen molar-refractivity contribution in [1.82, 2.24) is 35.0 Å². The van der Waals surface area contributed by atoms with Gasteiger partial charge >= 0.3 is 0 Å². The second-order valence-electron chi connectivity index (χ2n) is 9.18. The number of para-hydroxylation sites is 1. The third-order valence-corrected chi connectivity index (χ3v) is 6.40. The van der Waals surface area contributed by atoms with Crippen LogP contribution in [0, 0.1) is 5.82 Å². The monoisotopic (exact) mass is 537 g/mol. The molecule has 0 fully saturated rings. The number of pyridine rings is 3. The Morgan fingerprint density at radius 3 is 2.65 bits per heavy atom. The van der Waals surface area contributed by atoms with Crippen LogP contribution in [-0.2, 0) is 6.42 Å². The Bertz CT molecular complexity index is 1660. The van der Waals surface area contributed by atoms with Gasteiger partial charge in [-0.2, -0.15) is 0 Å². The molecule has 1 atom stereocenters. The smallest absolute Gasteiger partial charge is 0.254 e. The lowest BCUT2D eigenvalue weighted by atomic mass is 10.0. The van der Waals surface area contributed by atoms with Gasteiger partial charge in [0, 0.05) is 18.8 Å². The maximum absolute atomic E-state index is 15.0. The first-order valence-corrected chi connectivity index (χ1v) is 12.9. The number of ether oxygens (including phenoxy) is 1. The molecule has 1 aromatic carbocycles. The zero-order valence-electron chi connectivity index (χ0n) is 22.2. The zero-order chi connectivity index (χ0) is 28.1. The molecular weight excluding hydrogens is 509 g/mol. The Hall–Kier alpha value is -4.99. The number of carbonyl (C=O) groups excluding carboxylic acids is 1. The van der Waals surface area contributed by atoms with E-state index in [1.54, 1.807) is 65.6 Å². The highest BCUT2D eigenvalue weighted by atomic mass is 19.1. The summed E-state index contributed by atoms with van der Waals surface area (Å²) >= 11 is 0. The summed E-state index contributed by atoms with van der Waals surface area (Å²) in [5.41, 5.74) is 3.18. The molecule has 0 aliphatic carbocycles. The molecule has 40 heavy (non-hydrogen) atoms. The van der Waals surface area contributed by atoms with Crippen LogP contribution in [0.5, 0.6) is 5.75 Å². The van der Waals surface area contributed by atoms with Gasteiger partial charge in [-0.3, -0.25) is 19.3 Å². The molecule has 10 heteroatoms. The van der Waals surface area contributed by atoms with Gasteiger partial charge < -0.3 is 10.1 Å². The normalized spacial score (nSPS) is 11.8. The minimum Gasteiger partial charge on any atom is -0.492 e. The van der Waals surface area contributed by atoms with Crippen molar-refractivity contribution in [3.63, 3.8) is 0 Å². The first kappa shape index (κ1) is 26.6. The number of carbonyl (C=O) groups is 1. The third-order valence-electron chi connectivity index (χ3n) is 6.40. The van der Waals surface area contributed by atoms with Crippen molar-refractivity contribution in [3.05, 3.63) is 103 Å². The van der Waals surface area contributed by atoms with E-state index >= 15 is 4.39 Å². The van der Waals surface area contributed by atoms with Crippen LogP contribution in [0.1, 0.15) is 36.5 Å². The summed E-state index contributed by atoms with van der Waals surface area (Å²) in [5.74, 6) is 0.841. The maximum atomic E-state index is 15.0. The van der Waals surface area contributed by atoms with Crippen molar-refractivity contribution >= 4 is 16.9 Å². The van der Waals surface area contributed by atoms with Crippen molar-refractivity contribution in [2.24, 2.45) is 0 Å². The number of hydrogen-bond donors (Lipinski definition) is 1. The van der Waals surface area contributed by atoms with Gasteiger partial charge in [0.05, 0.1) is 35.6 Å². The molecule has 4 heterocycles. The number of nitrogens with one attached hydrogen (secondary N) is 1. The molecule has 202 valence electrons. The number of fused-ring (bicyclic) bond motifs is 1. The number of benzene rings is 1. The Morgan fingerprint density at radius 2 is 1.90 bits per heavy atom. The summed E-state index contributed by atoms with van der Waals surface area (Å²) in [7, 11) is 0. The van der Waals surface area contributed by atoms with Crippen molar-refractivity contribution in [2.45, 2.75) is 32.7 Å². The molecule has 0 bridgehead atoms. The van der Waals surface area contributed by atoms with Gasteiger partial charge in [0.1, 0.15) is 28.6 Å². The van der Waals surface area contributed by atoms with Crippen LogP contribution in [0.2, 0.25) is 0 Å². The van der Waals surface area contributed by atoms with Crippen LogP contribution in [-0.4, -0.2) is 48.3 Å². The van der Waals surface area contributed by atoms with E-state index in [-0.39, 0.29) is 11.9 Å². The number of halogens is 1. The highest BCUT2D eigenvalue weighted by Gasteiger charge is 2.22. The lowest BCUT2D eigenvalue weighted by molar-refractivity contribution is 0.0942. The minimum absolute atomic E-state index is 0.283. The molecule has 0 radical (unpaired) electrons. The van der Waals surface area contributed by atoms with Gasteiger partial charge in [-0.05, 0) is 62.7 Å². The van der Waals surface area contributed by atoms with Crippen molar-refractivity contribution < 1.29 is 13.9 Å². The average molecular weight is 538 g/mol. The highest BCUT2D eigenvalue weighted by molar-refractivity contribution is 6.04. The van der Waals surface area contributed by atoms with E-state index < -0.39 is 5.82 Å². The topological polar surface area (TPSA) is 108 Å². The second kappa shape index (κ2) is 11.8. The summed E-state index contributed by atoms with van der Waals surface area (Å²) in [6, 6.07) is 14.8. The summed E-state index contributed by atoms with van der Waals surface area (Å²) in [4.78, 5) is 26.3. The summed E-state index contributed by atoms with van der Waals surface area (Å²) < 4.78 is 22.2. The van der Waals surface area contributed by atoms with E-state index in [0.29, 0.717) is 64.8 Å². The molecular formula is C30H28FN7O2. The van der Waals surface area contributed by atoms with Crippen LogP contribution in [0.25, 0.3) is 28.2 Å². The number of amides is 1. The Morgan fingerprint density at radius 1 is 1.05 bits per heavy atom. The first-order valence-electron chi connectivity index (χ1n) is 12.9. The van der Waals surface area contributed by atoms with Crippen LogP contribution in [0.15, 0.2) is 85.3 Å². The molecule has 0 aliphatic rings. The molecule has 1 N–H and O–H groups in total. The fourth-order valence-electron chi connectivity index (χ4n) is 4.41. The van der Waals surface area contributed by atoms with Crippen molar-refractivity contribution in [3.8, 4) is 23.0 Å². The molecule has 0 aliphatic heterocycles. The van der Waals surface area contributed by atoms with E-state index in [2.05, 4.69) is 37.0 Å². The van der Waals surface area contributed by atoms with Crippen LogP contribution in [0.4, 0.5) is 4.39 Å². The van der Waals surface area contributed by atoms with Gasteiger partial charge in [-0.1, -0.05) is 24.3 Å². The molecule has 1 amide bonds. The number of hydrogen-bond acceptors (Lipinski definition) is 7. The molecule has 0 spiro atoms. The van der Waals surface area contributed by atoms with Gasteiger partial charge in [-0.15, -0.1) is 10.2 Å². The first-order chi connectivity index (χ1) is 19.5. The predicted octanol–water partition coefficient (Wildman–Crippen LogP) is 5.12. The predicted molar refractivity (Wildman–Crippen MR) is 150 cm³/mol. The molecule has 5 aromatic rings. The Balaban J connectivity index is 1.43. The number of aryl methyl sites for hydroxylation is 1. The van der Waals surface area contributed by atoms with Crippen LogP contribution < -0.4 is 10.1 Å². The molecule has 5 rings (SSSR count). The molecule has 9 nitrogen and oxygen atoms in total. The number of rotatable bonds is 10.